The molecule has 0 radical (unpaired) electrons. The summed E-state index contributed by atoms with van der Waals surface area (Å²) in [5.74, 6) is 0.621. The standard InChI is InChI=1S/C16H19NO2/c1-10-4-5-12(8-11(10)2)16(18)13-6-7-15(19-3)14(17)9-13/h4-9,16,18H,17H2,1-3H3. The first-order valence-electron chi connectivity index (χ1n) is 6.21. The van der Waals surface area contributed by atoms with Crippen LogP contribution in [-0.2, 0) is 0 Å². The van der Waals surface area contributed by atoms with Gasteiger partial charge in [0.15, 0.2) is 0 Å². The summed E-state index contributed by atoms with van der Waals surface area (Å²) in [6, 6.07) is 11.3. The number of anilines is 1. The second-order valence-corrected chi connectivity index (χ2v) is 4.75. The van der Waals surface area contributed by atoms with Gasteiger partial charge in [0.05, 0.1) is 12.8 Å². The molecule has 0 amide bonds. The Bertz CT molecular complexity index is 593. The van der Waals surface area contributed by atoms with Crippen LogP contribution in [-0.4, -0.2) is 12.2 Å². The van der Waals surface area contributed by atoms with E-state index in [1.54, 1.807) is 19.2 Å². The molecule has 0 aliphatic rings. The fraction of sp³-hybridized carbons (Fsp3) is 0.250. The molecule has 0 aliphatic carbocycles. The lowest BCUT2D eigenvalue weighted by molar-refractivity contribution is 0.220. The van der Waals surface area contributed by atoms with E-state index in [0.717, 1.165) is 16.7 Å². The lowest BCUT2D eigenvalue weighted by atomic mass is 9.97. The number of rotatable bonds is 3. The first-order valence-corrected chi connectivity index (χ1v) is 6.21. The van der Waals surface area contributed by atoms with Crippen molar-refractivity contribution in [1.29, 1.82) is 0 Å². The van der Waals surface area contributed by atoms with Gasteiger partial charge in [-0.3, -0.25) is 0 Å². The number of aliphatic hydroxyl groups excluding tert-OH is 1. The van der Waals surface area contributed by atoms with Crippen LogP contribution in [0.3, 0.4) is 0 Å². The van der Waals surface area contributed by atoms with Crippen molar-refractivity contribution in [2.75, 3.05) is 12.8 Å². The third-order valence-electron chi connectivity index (χ3n) is 3.42. The molecule has 2 aromatic carbocycles. The topological polar surface area (TPSA) is 55.5 Å². The van der Waals surface area contributed by atoms with Gasteiger partial charge in [0.2, 0.25) is 0 Å². The maximum atomic E-state index is 10.4. The van der Waals surface area contributed by atoms with Gasteiger partial charge >= 0.3 is 0 Å². The number of ether oxygens (including phenoxy) is 1. The zero-order valence-electron chi connectivity index (χ0n) is 11.5. The fourth-order valence-corrected chi connectivity index (χ4v) is 2.05. The number of aryl methyl sites for hydroxylation is 2. The molecule has 0 spiro atoms. The number of hydrogen-bond acceptors (Lipinski definition) is 3. The number of aliphatic hydroxyl groups is 1. The van der Waals surface area contributed by atoms with Gasteiger partial charge in [0.25, 0.3) is 0 Å². The average Bonchev–Trinajstić information content (AvgIpc) is 2.41. The van der Waals surface area contributed by atoms with E-state index in [9.17, 15) is 5.11 Å². The molecule has 0 aromatic heterocycles. The summed E-state index contributed by atoms with van der Waals surface area (Å²) in [7, 11) is 1.57. The molecular formula is C16H19NO2. The fourth-order valence-electron chi connectivity index (χ4n) is 2.05. The maximum absolute atomic E-state index is 10.4. The molecule has 100 valence electrons. The molecule has 3 heteroatoms. The van der Waals surface area contributed by atoms with Gasteiger partial charge in [0, 0.05) is 0 Å². The Morgan fingerprint density at radius 1 is 1.00 bits per heavy atom. The smallest absolute Gasteiger partial charge is 0.141 e. The SMILES string of the molecule is COc1ccc(C(O)c2ccc(C)c(C)c2)cc1N. The van der Waals surface area contributed by atoms with E-state index in [1.165, 1.54) is 5.56 Å². The predicted octanol–water partition coefficient (Wildman–Crippen LogP) is 2.98. The summed E-state index contributed by atoms with van der Waals surface area (Å²) in [6.07, 6.45) is -0.674. The summed E-state index contributed by atoms with van der Waals surface area (Å²) >= 11 is 0. The van der Waals surface area contributed by atoms with Crippen LogP contribution < -0.4 is 10.5 Å². The summed E-state index contributed by atoms with van der Waals surface area (Å²) in [5, 5.41) is 10.4. The van der Waals surface area contributed by atoms with Crippen LogP contribution in [0.15, 0.2) is 36.4 Å². The van der Waals surface area contributed by atoms with Crippen LogP contribution in [0.2, 0.25) is 0 Å². The molecule has 2 rings (SSSR count). The summed E-state index contributed by atoms with van der Waals surface area (Å²) in [4.78, 5) is 0. The molecule has 0 bridgehead atoms. The highest BCUT2D eigenvalue weighted by atomic mass is 16.5. The molecule has 0 saturated carbocycles. The minimum Gasteiger partial charge on any atom is -0.495 e. The molecule has 1 unspecified atom stereocenters. The van der Waals surface area contributed by atoms with Crippen molar-refractivity contribution in [2.45, 2.75) is 20.0 Å². The number of benzene rings is 2. The van der Waals surface area contributed by atoms with E-state index in [-0.39, 0.29) is 0 Å². The Labute approximate surface area is 113 Å². The lowest BCUT2D eigenvalue weighted by Gasteiger charge is -2.15. The first kappa shape index (κ1) is 13.4. The van der Waals surface area contributed by atoms with Gasteiger partial charge < -0.3 is 15.6 Å². The van der Waals surface area contributed by atoms with E-state index in [1.807, 2.05) is 31.2 Å². The van der Waals surface area contributed by atoms with E-state index < -0.39 is 6.10 Å². The van der Waals surface area contributed by atoms with Crippen molar-refractivity contribution >= 4 is 5.69 Å². The average molecular weight is 257 g/mol. The quantitative estimate of drug-likeness (QED) is 0.831. The van der Waals surface area contributed by atoms with Crippen LogP contribution in [0.25, 0.3) is 0 Å². The molecule has 0 saturated heterocycles. The number of hydrogen-bond donors (Lipinski definition) is 2. The number of nitrogen functional groups attached to an aromatic ring is 1. The van der Waals surface area contributed by atoms with Crippen molar-refractivity contribution in [3.63, 3.8) is 0 Å². The van der Waals surface area contributed by atoms with Gasteiger partial charge in [0.1, 0.15) is 11.9 Å². The van der Waals surface area contributed by atoms with Crippen LogP contribution in [0, 0.1) is 13.8 Å². The predicted molar refractivity (Wildman–Crippen MR) is 77.4 cm³/mol. The monoisotopic (exact) mass is 257 g/mol. The van der Waals surface area contributed by atoms with Crippen LogP contribution >= 0.6 is 0 Å². The molecule has 0 heterocycles. The Hall–Kier alpha value is -2.00. The lowest BCUT2D eigenvalue weighted by Crippen LogP contribution is -2.02. The molecule has 3 nitrogen and oxygen atoms in total. The molecule has 1 atom stereocenters. The van der Waals surface area contributed by atoms with Crippen molar-refractivity contribution < 1.29 is 9.84 Å². The summed E-state index contributed by atoms with van der Waals surface area (Å²) < 4.78 is 5.11. The van der Waals surface area contributed by atoms with Crippen molar-refractivity contribution in [2.24, 2.45) is 0 Å². The Balaban J connectivity index is 2.35. The normalized spacial score (nSPS) is 12.2. The van der Waals surface area contributed by atoms with Crippen molar-refractivity contribution in [1.82, 2.24) is 0 Å². The third kappa shape index (κ3) is 2.71. The van der Waals surface area contributed by atoms with E-state index in [4.69, 9.17) is 10.5 Å². The minimum atomic E-state index is -0.674. The highest BCUT2D eigenvalue weighted by molar-refractivity contribution is 5.55. The Morgan fingerprint density at radius 2 is 1.63 bits per heavy atom. The van der Waals surface area contributed by atoms with Gasteiger partial charge in [-0.2, -0.15) is 0 Å². The van der Waals surface area contributed by atoms with Gasteiger partial charge in [-0.25, -0.2) is 0 Å². The van der Waals surface area contributed by atoms with Crippen LogP contribution in [0.4, 0.5) is 5.69 Å². The minimum absolute atomic E-state index is 0.530. The third-order valence-corrected chi connectivity index (χ3v) is 3.42. The first-order chi connectivity index (χ1) is 9.02. The largest absolute Gasteiger partial charge is 0.495 e. The molecule has 0 fully saturated rings. The van der Waals surface area contributed by atoms with Crippen LogP contribution in [0.1, 0.15) is 28.4 Å². The second kappa shape index (κ2) is 5.33. The molecule has 3 N–H and O–H groups in total. The molecule has 2 aromatic rings. The molecule has 19 heavy (non-hydrogen) atoms. The Morgan fingerprint density at radius 3 is 2.21 bits per heavy atom. The molecular weight excluding hydrogens is 238 g/mol. The highest BCUT2D eigenvalue weighted by Gasteiger charge is 2.12. The van der Waals surface area contributed by atoms with E-state index >= 15 is 0 Å². The maximum Gasteiger partial charge on any atom is 0.141 e. The molecule has 0 aliphatic heterocycles. The van der Waals surface area contributed by atoms with Crippen molar-refractivity contribution in [3.8, 4) is 5.75 Å². The highest BCUT2D eigenvalue weighted by Crippen LogP contribution is 2.29. The second-order valence-electron chi connectivity index (χ2n) is 4.75. The zero-order chi connectivity index (χ0) is 14.0. The number of nitrogens with two attached hydrogens (primary N) is 1. The van der Waals surface area contributed by atoms with Gasteiger partial charge in [-0.05, 0) is 48.2 Å². The zero-order valence-corrected chi connectivity index (χ0v) is 11.5. The van der Waals surface area contributed by atoms with Crippen LogP contribution in [0.5, 0.6) is 5.75 Å². The Kier molecular flexibility index (Phi) is 3.76. The van der Waals surface area contributed by atoms with Crippen molar-refractivity contribution in [3.05, 3.63) is 58.7 Å². The van der Waals surface area contributed by atoms with Gasteiger partial charge in [-0.1, -0.05) is 24.3 Å². The summed E-state index contributed by atoms with van der Waals surface area (Å²) in [6.45, 7) is 4.09. The van der Waals surface area contributed by atoms with E-state index in [0.29, 0.717) is 11.4 Å². The van der Waals surface area contributed by atoms with E-state index in [2.05, 4.69) is 6.92 Å². The summed E-state index contributed by atoms with van der Waals surface area (Å²) in [5.41, 5.74) is 10.4. The van der Waals surface area contributed by atoms with Gasteiger partial charge in [-0.15, -0.1) is 0 Å². The number of methoxy groups -OCH3 is 1.